The van der Waals surface area contributed by atoms with E-state index in [9.17, 15) is 4.39 Å². The molecule has 0 spiro atoms. The van der Waals surface area contributed by atoms with Gasteiger partial charge in [0.05, 0.1) is 7.11 Å². The zero-order valence-corrected chi connectivity index (χ0v) is 9.52. The number of rotatable bonds is 4. The van der Waals surface area contributed by atoms with Crippen LogP contribution in [0.3, 0.4) is 0 Å². The first-order valence-corrected chi connectivity index (χ1v) is 5.30. The summed E-state index contributed by atoms with van der Waals surface area (Å²) in [6.07, 6.45) is 0. The minimum Gasteiger partial charge on any atom is -0.490 e. The average Bonchev–Trinajstić information content (AvgIpc) is 2.37. The summed E-state index contributed by atoms with van der Waals surface area (Å²) in [6.45, 7) is 0.390. The topological polar surface area (TPSA) is 18.5 Å². The van der Waals surface area contributed by atoms with Gasteiger partial charge in [-0.25, -0.2) is 4.39 Å². The highest BCUT2D eigenvalue weighted by atomic mass is 19.1. The molecule has 0 bridgehead atoms. The highest BCUT2D eigenvalue weighted by Gasteiger charge is 2.09. The molecule has 0 atom stereocenters. The van der Waals surface area contributed by atoms with Crippen LogP contribution in [0, 0.1) is 5.82 Å². The van der Waals surface area contributed by atoms with Gasteiger partial charge in [-0.3, -0.25) is 0 Å². The Morgan fingerprint density at radius 3 is 2.47 bits per heavy atom. The van der Waals surface area contributed by atoms with Gasteiger partial charge in [0, 0.05) is 0 Å². The predicted octanol–water partition coefficient (Wildman–Crippen LogP) is 3.41. The van der Waals surface area contributed by atoms with Gasteiger partial charge in [-0.15, -0.1) is 0 Å². The van der Waals surface area contributed by atoms with Crippen LogP contribution in [0.1, 0.15) is 5.56 Å². The van der Waals surface area contributed by atoms with Crippen LogP contribution < -0.4 is 9.47 Å². The van der Waals surface area contributed by atoms with Crippen molar-refractivity contribution in [1.29, 1.82) is 0 Å². The van der Waals surface area contributed by atoms with Crippen LogP contribution in [0.4, 0.5) is 4.39 Å². The van der Waals surface area contributed by atoms with Crippen LogP contribution in [-0.2, 0) is 6.61 Å². The first-order chi connectivity index (χ1) is 8.31. The number of halogens is 1. The number of hydrogen-bond acceptors (Lipinski definition) is 2. The molecule has 2 nitrogen and oxygen atoms in total. The Balaban J connectivity index is 2.12. The van der Waals surface area contributed by atoms with Gasteiger partial charge in [0.1, 0.15) is 6.61 Å². The maximum Gasteiger partial charge on any atom is 0.196 e. The van der Waals surface area contributed by atoms with Gasteiger partial charge >= 0.3 is 0 Å². The fourth-order valence-corrected chi connectivity index (χ4v) is 1.54. The van der Waals surface area contributed by atoms with Crippen molar-refractivity contribution in [1.82, 2.24) is 0 Å². The van der Waals surface area contributed by atoms with Gasteiger partial charge in [0.25, 0.3) is 0 Å². The van der Waals surface area contributed by atoms with Gasteiger partial charge in [0.15, 0.2) is 17.3 Å². The van der Waals surface area contributed by atoms with Crippen LogP contribution in [0.5, 0.6) is 11.5 Å². The minimum atomic E-state index is -0.418. The van der Waals surface area contributed by atoms with E-state index >= 15 is 0 Å². The molecule has 0 saturated heterocycles. The third-order valence-electron chi connectivity index (χ3n) is 2.37. The Morgan fingerprint density at radius 2 is 1.76 bits per heavy atom. The van der Waals surface area contributed by atoms with Crippen molar-refractivity contribution >= 4 is 0 Å². The lowest BCUT2D eigenvalue weighted by molar-refractivity contribution is 0.278. The van der Waals surface area contributed by atoms with Crippen LogP contribution in [-0.4, -0.2) is 7.11 Å². The van der Waals surface area contributed by atoms with Gasteiger partial charge in [0.2, 0.25) is 0 Å². The number of benzene rings is 2. The second-order valence-electron chi connectivity index (χ2n) is 3.55. The molecule has 0 saturated carbocycles. The SMILES string of the molecule is COc1c(F)cccc1OCc1ccccc1. The summed E-state index contributed by atoms with van der Waals surface area (Å²) in [5.41, 5.74) is 1.03. The van der Waals surface area contributed by atoms with E-state index in [4.69, 9.17) is 9.47 Å². The molecule has 0 unspecified atom stereocenters. The van der Waals surface area contributed by atoms with Crippen molar-refractivity contribution < 1.29 is 13.9 Å². The Hall–Kier alpha value is -2.03. The van der Waals surface area contributed by atoms with Crippen molar-refractivity contribution in [2.24, 2.45) is 0 Å². The second-order valence-corrected chi connectivity index (χ2v) is 3.55. The quantitative estimate of drug-likeness (QED) is 0.804. The Bertz CT molecular complexity index is 483. The molecular weight excluding hydrogens is 219 g/mol. The monoisotopic (exact) mass is 232 g/mol. The lowest BCUT2D eigenvalue weighted by Gasteiger charge is -2.10. The van der Waals surface area contributed by atoms with E-state index in [1.54, 1.807) is 12.1 Å². The third kappa shape index (κ3) is 2.75. The van der Waals surface area contributed by atoms with Gasteiger partial charge in [-0.05, 0) is 17.7 Å². The molecule has 3 heteroatoms. The maximum atomic E-state index is 13.4. The first-order valence-electron chi connectivity index (χ1n) is 5.30. The highest BCUT2D eigenvalue weighted by molar-refractivity contribution is 5.40. The second kappa shape index (κ2) is 5.34. The largest absolute Gasteiger partial charge is 0.490 e. The molecule has 17 heavy (non-hydrogen) atoms. The predicted molar refractivity (Wildman–Crippen MR) is 63.7 cm³/mol. The third-order valence-corrected chi connectivity index (χ3v) is 2.37. The molecule has 0 heterocycles. The number of hydrogen-bond donors (Lipinski definition) is 0. The Kier molecular flexibility index (Phi) is 3.60. The van der Waals surface area contributed by atoms with Gasteiger partial charge in [-0.1, -0.05) is 36.4 Å². The van der Waals surface area contributed by atoms with Crippen LogP contribution in [0.15, 0.2) is 48.5 Å². The molecule has 0 aromatic heterocycles. The van der Waals surface area contributed by atoms with Gasteiger partial charge < -0.3 is 9.47 Å². The number of ether oxygens (including phenoxy) is 2. The number of methoxy groups -OCH3 is 1. The van der Waals surface area contributed by atoms with E-state index in [1.807, 2.05) is 30.3 Å². The lowest BCUT2D eigenvalue weighted by Crippen LogP contribution is -1.98. The van der Waals surface area contributed by atoms with Crippen molar-refractivity contribution in [3.63, 3.8) is 0 Å². The molecule has 2 aromatic rings. The van der Waals surface area contributed by atoms with Crippen molar-refractivity contribution in [3.8, 4) is 11.5 Å². The fraction of sp³-hybridized carbons (Fsp3) is 0.143. The zero-order chi connectivity index (χ0) is 12.1. The normalized spacial score (nSPS) is 10.0. The molecule has 2 rings (SSSR count). The maximum absolute atomic E-state index is 13.4. The van der Waals surface area contributed by atoms with E-state index in [1.165, 1.54) is 13.2 Å². The summed E-state index contributed by atoms with van der Waals surface area (Å²) in [6, 6.07) is 14.3. The Labute approximate surface area is 99.6 Å². The Morgan fingerprint density at radius 1 is 1.00 bits per heavy atom. The van der Waals surface area contributed by atoms with Crippen molar-refractivity contribution in [3.05, 3.63) is 59.9 Å². The molecule has 0 radical (unpaired) electrons. The zero-order valence-electron chi connectivity index (χ0n) is 9.52. The summed E-state index contributed by atoms with van der Waals surface area (Å²) in [5, 5.41) is 0. The molecular formula is C14H13FO2. The lowest BCUT2D eigenvalue weighted by atomic mass is 10.2. The molecule has 0 N–H and O–H groups in total. The van der Waals surface area contributed by atoms with E-state index in [-0.39, 0.29) is 5.75 Å². The van der Waals surface area contributed by atoms with E-state index in [0.717, 1.165) is 5.56 Å². The molecule has 0 aliphatic rings. The van der Waals surface area contributed by atoms with E-state index in [0.29, 0.717) is 12.4 Å². The molecule has 88 valence electrons. The van der Waals surface area contributed by atoms with Crippen molar-refractivity contribution in [2.45, 2.75) is 6.61 Å². The summed E-state index contributed by atoms with van der Waals surface area (Å²) < 4.78 is 23.9. The molecule has 0 amide bonds. The van der Waals surface area contributed by atoms with Crippen LogP contribution in [0.25, 0.3) is 0 Å². The molecule has 0 aliphatic heterocycles. The van der Waals surface area contributed by atoms with Crippen molar-refractivity contribution in [2.75, 3.05) is 7.11 Å². The summed E-state index contributed by atoms with van der Waals surface area (Å²) in [7, 11) is 1.42. The minimum absolute atomic E-state index is 0.142. The highest BCUT2D eigenvalue weighted by Crippen LogP contribution is 2.30. The molecule has 2 aromatic carbocycles. The smallest absolute Gasteiger partial charge is 0.196 e. The summed E-state index contributed by atoms with van der Waals surface area (Å²) in [4.78, 5) is 0. The summed E-state index contributed by atoms with van der Waals surface area (Å²) in [5.74, 6) is 0.137. The number of para-hydroxylation sites is 1. The standard InChI is InChI=1S/C14H13FO2/c1-16-14-12(15)8-5-9-13(14)17-10-11-6-3-2-4-7-11/h2-9H,10H2,1H3. The first kappa shape index (κ1) is 11.5. The fourth-order valence-electron chi connectivity index (χ4n) is 1.54. The van der Waals surface area contributed by atoms with Gasteiger partial charge in [-0.2, -0.15) is 0 Å². The molecule has 0 fully saturated rings. The molecule has 0 aliphatic carbocycles. The van der Waals surface area contributed by atoms with E-state index < -0.39 is 5.82 Å². The van der Waals surface area contributed by atoms with Crippen LogP contribution >= 0.6 is 0 Å². The van der Waals surface area contributed by atoms with Crippen LogP contribution in [0.2, 0.25) is 0 Å². The van der Waals surface area contributed by atoms with E-state index in [2.05, 4.69) is 0 Å². The summed E-state index contributed by atoms with van der Waals surface area (Å²) >= 11 is 0. The average molecular weight is 232 g/mol.